The van der Waals surface area contributed by atoms with E-state index in [-0.39, 0.29) is 5.82 Å². The summed E-state index contributed by atoms with van der Waals surface area (Å²) in [4.78, 5) is 5.61. The van der Waals surface area contributed by atoms with Gasteiger partial charge in [0.25, 0.3) is 0 Å². The minimum absolute atomic E-state index is 0.311. The van der Waals surface area contributed by atoms with Gasteiger partial charge in [-0.25, -0.2) is 4.39 Å². The molecule has 1 aliphatic rings. The van der Waals surface area contributed by atoms with Crippen molar-refractivity contribution in [3.8, 4) is 0 Å². The average molecular weight is 324 g/mol. The van der Waals surface area contributed by atoms with Gasteiger partial charge in [0.05, 0.1) is 4.48 Å². The van der Waals surface area contributed by atoms with Crippen molar-refractivity contribution in [1.29, 1.82) is 0 Å². The van der Waals surface area contributed by atoms with E-state index in [1.807, 2.05) is 0 Å². The molecule has 1 aliphatic heterocycles. The minimum Gasteiger partial charge on any atom is -0.295 e. The number of allylic oxidation sites excluding steroid dienone is 1. The van der Waals surface area contributed by atoms with Crippen LogP contribution < -0.4 is 4.90 Å². The molecular formula is C10H6BrCl2FN2. The molecule has 0 radical (unpaired) electrons. The molecule has 0 fully saturated rings. The fraction of sp³-hybridized carbons (Fsp3) is 0.100. The summed E-state index contributed by atoms with van der Waals surface area (Å²) >= 11 is 15.4. The molecule has 1 aromatic rings. The maximum absolute atomic E-state index is 12.8. The molecule has 2 rings (SSSR count). The Morgan fingerprint density at radius 3 is 2.56 bits per heavy atom. The molecule has 1 aromatic carbocycles. The maximum atomic E-state index is 12.8. The molecule has 0 amide bonds. The van der Waals surface area contributed by atoms with Crippen LogP contribution in [0.2, 0.25) is 0 Å². The number of alkyl halides is 1. The van der Waals surface area contributed by atoms with Gasteiger partial charge in [0.15, 0.2) is 0 Å². The topological polar surface area (TPSA) is 15.6 Å². The molecule has 16 heavy (non-hydrogen) atoms. The number of benzene rings is 1. The molecular weight excluding hydrogens is 318 g/mol. The van der Waals surface area contributed by atoms with Crippen molar-refractivity contribution in [1.82, 2.24) is 0 Å². The second kappa shape index (κ2) is 4.73. The number of nitrogens with zero attached hydrogens (tertiary/aromatic N) is 2. The van der Waals surface area contributed by atoms with Gasteiger partial charge in [-0.2, -0.15) is 0 Å². The third-order valence-electron chi connectivity index (χ3n) is 2.04. The molecule has 0 N–H and O–H groups in total. The van der Waals surface area contributed by atoms with E-state index in [2.05, 4.69) is 20.9 Å². The Morgan fingerprint density at radius 2 is 1.94 bits per heavy atom. The first-order chi connectivity index (χ1) is 7.59. The van der Waals surface area contributed by atoms with Crippen molar-refractivity contribution in [2.75, 3.05) is 4.90 Å². The Balaban J connectivity index is 2.40. The molecule has 2 nitrogen and oxygen atoms in total. The van der Waals surface area contributed by atoms with Crippen molar-refractivity contribution in [2.45, 2.75) is 5.62 Å². The number of anilines is 1. The Hall–Kier alpha value is -0.580. The average Bonchev–Trinajstić information content (AvgIpc) is 2.27. The van der Waals surface area contributed by atoms with Crippen LogP contribution in [-0.4, -0.2) is 11.8 Å². The molecule has 1 heterocycles. The zero-order chi connectivity index (χ0) is 11.7. The van der Waals surface area contributed by atoms with Gasteiger partial charge in [-0.3, -0.25) is 9.89 Å². The first kappa shape index (κ1) is 11.9. The van der Waals surface area contributed by atoms with E-state index in [9.17, 15) is 4.39 Å². The van der Waals surface area contributed by atoms with Gasteiger partial charge >= 0.3 is 0 Å². The van der Waals surface area contributed by atoms with Gasteiger partial charge in [0, 0.05) is 11.9 Å². The number of aliphatic imine (C=N–C) groups is 1. The number of hydrogen-bond donors (Lipinski definition) is 0. The fourth-order valence-corrected chi connectivity index (χ4v) is 2.16. The van der Waals surface area contributed by atoms with Crippen LogP contribution in [0.1, 0.15) is 0 Å². The Labute approximate surface area is 110 Å². The van der Waals surface area contributed by atoms with Gasteiger partial charge < -0.3 is 0 Å². The van der Waals surface area contributed by atoms with Crippen LogP contribution in [0.3, 0.4) is 0 Å². The van der Waals surface area contributed by atoms with Gasteiger partial charge in [-0.05, 0) is 40.2 Å². The van der Waals surface area contributed by atoms with Crippen LogP contribution >= 0.6 is 39.1 Å². The van der Waals surface area contributed by atoms with E-state index in [1.54, 1.807) is 23.2 Å². The molecule has 0 bridgehead atoms. The first-order valence-electron chi connectivity index (χ1n) is 4.37. The summed E-state index contributed by atoms with van der Waals surface area (Å²) in [6.07, 6.45) is 1.54. The normalized spacial score (nSPS) is 20.5. The van der Waals surface area contributed by atoms with E-state index in [4.69, 9.17) is 23.2 Å². The Morgan fingerprint density at radius 1 is 1.31 bits per heavy atom. The highest BCUT2D eigenvalue weighted by atomic mass is 79.9. The quantitative estimate of drug-likeness (QED) is 0.562. The van der Waals surface area contributed by atoms with Crippen LogP contribution in [-0.2, 0) is 0 Å². The van der Waals surface area contributed by atoms with E-state index >= 15 is 0 Å². The third kappa shape index (κ3) is 2.24. The fourth-order valence-electron chi connectivity index (χ4n) is 1.29. The Bertz CT molecular complexity index is 458. The van der Waals surface area contributed by atoms with E-state index in [0.29, 0.717) is 15.3 Å². The molecule has 0 saturated carbocycles. The maximum Gasteiger partial charge on any atom is 0.202 e. The van der Waals surface area contributed by atoms with Gasteiger partial charge in [-0.1, -0.05) is 23.2 Å². The highest BCUT2D eigenvalue weighted by molar-refractivity contribution is 9.12. The lowest BCUT2D eigenvalue weighted by Gasteiger charge is -2.29. The first-order valence-corrected chi connectivity index (χ1v) is 5.97. The van der Waals surface area contributed by atoms with Gasteiger partial charge in [-0.15, -0.1) is 0 Å². The highest BCUT2D eigenvalue weighted by Crippen LogP contribution is 2.32. The minimum atomic E-state index is -0.626. The van der Waals surface area contributed by atoms with E-state index in [1.165, 1.54) is 12.1 Å². The Kier molecular flexibility index (Phi) is 3.52. The number of halogens is 4. The zero-order valence-electron chi connectivity index (χ0n) is 7.87. The molecule has 84 valence electrons. The van der Waals surface area contributed by atoms with Crippen LogP contribution in [0.5, 0.6) is 0 Å². The molecule has 1 atom stereocenters. The molecule has 0 aromatic heterocycles. The van der Waals surface area contributed by atoms with Crippen molar-refractivity contribution in [2.24, 2.45) is 4.99 Å². The third-order valence-corrected chi connectivity index (χ3v) is 3.54. The predicted molar refractivity (Wildman–Crippen MR) is 68.8 cm³/mol. The predicted octanol–water partition coefficient (Wildman–Crippen LogP) is 4.04. The van der Waals surface area contributed by atoms with E-state index < -0.39 is 5.62 Å². The van der Waals surface area contributed by atoms with Crippen molar-refractivity contribution in [3.05, 3.63) is 39.7 Å². The zero-order valence-corrected chi connectivity index (χ0v) is 11.0. The monoisotopic (exact) mass is 322 g/mol. The summed E-state index contributed by atoms with van der Waals surface area (Å²) in [6, 6.07) is 5.87. The van der Waals surface area contributed by atoms with E-state index in [0.717, 1.165) is 0 Å². The summed E-state index contributed by atoms with van der Waals surface area (Å²) in [7, 11) is 0. The van der Waals surface area contributed by atoms with Crippen molar-refractivity contribution < 1.29 is 4.39 Å². The molecule has 0 spiro atoms. The molecule has 6 heteroatoms. The van der Waals surface area contributed by atoms with Crippen molar-refractivity contribution in [3.63, 3.8) is 0 Å². The summed E-state index contributed by atoms with van der Waals surface area (Å²) in [5, 5.41) is 0.418. The highest BCUT2D eigenvalue weighted by Gasteiger charge is 2.23. The summed E-state index contributed by atoms with van der Waals surface area (Å²) < 4.78 is 13.4. The molecule has 0 saturated heterocycles. The smallest absolute Gasteiger partial charge is 0.202 e. The largest absolute Gasteiger partial charge is 0.295 e. The number of rotatable bonds is 1. The lowest BCUT2D eigenvalue weighted by atomic mass is 10.3. The van der Waals surface area contributed by atoms with Crippen LogP contribution in [0.4, 0.5) is 10.1 Å². The SMILES string of the molecule is Fc1ccc(N2C(Cl)=C(Br)C=NC2Cl)cc1. The van der Waals surface area contributed by atoms with Gasteiger partial charge in [0.2, 0.25) is 5.62 Å². The summed E-state index contributed by atoms with van der Waals surface area (Å²) in [5.41, 5.74) is 0.0551. The van der Waals surface area contributed by atoms with Crippen molar-refractivity contribution >= 4 is 51.0 Å². The molecule has 1 unspecified atom stereocenters. The molecule has 0 aliphatic carbocycles. The summed E-state index contributed by atoms with van der Waals surface area (Å²) in [5.74, 6) is -0.311. The second-order valence-electron chi connectivity index (χ2n) is 3.07. The lowest BCUT2D eigenvalue weighted by molar-refractivity contribution is 0.627. The lowest BCUT2D eigenvalue weighted by Crippen LogP contribution is -2.30. The summed E-state index contributed by atoms with van der Waals surface area (Å²) in [6.45, 7) is 0. The van der Waals surface area contributed by atoms with Crippen LogP contribution in [0, 0.1) is 5.82 Å². The second-order valence-corrected chi connectivity index (χ2v) is 4.68. The number of hydrogen-bond acceptors (Lipinski definition) is 2. The van der Waals surface area contributed by atoms with Gasteiger partial charge in [0.1, 0.15) is 11.0 Å². The standard InChI is InChI=1S/C10H6BrCl2FN2/c11-8-5-15-10(13)16(9(8)12)7-3-1-6(14)2-4-7/h1-5,10H. The van der Waals surface area contributed by atoms with Crippen LogP contribution in [0.25, 0.3) is 0 Å². The van der Waals surface area contributed by atoms with Crippen LogP contribution in [0.15, 0.2) is 38.9 Å².